The van der Waals surface area contributed by atoms with Gasteiger partial charge in [-0.05, 0) is 37.5 Å². The van der Waals surface area contributed by atoms with Crippen LogP contribution >= 0.6 is 0 Å². The average molecular weight is 260 g/mol. The van der Waals surface area contributed by atoms with Crippen LogP contribution in [0.15, 0.2) is 24.3 Å². The Kier molecular flexibility index (Phi) is 5.08. The number of rotatable bonds is 5. The quantitative estimate of drug-likeness (QED) is 0.844. The first-order chi connectivity index (χ1) is 8.91. The molecule has 0 saturated carbocycles. The van der Waals surface area contributed by atoms with Crippen molar-refractivity contribution < 1.29 is 9.90 Å². The first kappa shape index (κ1) is 15.2. The number of nitrogens with zero attached hydrogens (tertiary/aromatic N) is 1. The van der Waals surface area contributed by atoms with Gasteiger partial charge in [0.05, 0.1) is 17.0 Å². The molecule has 1 aromatic rings. The van der Waals surface area contributed by atoms with Gasteiger partial charge in [0.2, 0.25) is 5.91 Å². The maximum Gasteiger partial charge on any atom is 0.230 e. The van der Waals surface area contributed by atoms with Crippen molar-refractivity contribution in [1.82, 2.24) is 5.32 Å². The highest BCUT2D eigenvalue weighted by Gasteiger charge is 2.29. The fraction of sp³-hybridized carbons (Fsp3) is 0.467. The molecule has 0 spiro atoms. The largest absolute Gasteiger partial charge is 0.396 e. The zero-order valence-electron chi connectivity index (χ0n) is 11.6. The molecule has 2 N–H and O–H groups in total. The molecular weight excluding hydrogens is 240 g/mol. The molecular formula is C15H20N2O2. The molecule has 1 amide bonds. The third-order valence-electron chi connectivity index (χ3n) is 3.20. The summed E-state index contributed by atoms with van der Waals surface area (Å²) in [5.74, 6) is -0.0758. The number of benzene rings is 1. The zero-order valence-corrected chi connectivity index (χ0v) is 11.6. The number of nitriles is 1. The molecule has 0 saturated heterocycles. The summed E-state index contributed by atoms with van der Waals surface area (Å²) in [6.45, 7) is 6.00. The van der Waals surface area contributed by atoms with Crippen molar-refractivity contribution >= 4 is 5.91 Å². The van der Waals surface area contributed by atoms with E-state index >= 15 is 0 Å². The molecule has 0 fully saturated rings. The standard InChI is InChI=1S/C15H20N2O2/c1-11(10-18)9-17-14(19)15(2,3)13-6-4-5-12(7-13)8-16/h4-7,11,18H,9-10H2,1-3H3,(H,17,19). The van der Waals surface area contributed by atoms with Gasteiger partial charge in [0.15, 0.2) is 0 Å². The van der Waals surface area contributed by atoms with Crippen LogP contribution in [-0.2, 0) is 10.2 Å². The lowest BCUT2D eigenvalue weighted by Gasteiger charge is -2.25. The highest BCUT2D eigenvalue weighted by atomic mass is 16.3. The molecule has 1 unspecified atom stereocenters. The predicted molar refractivity (Wildman–Crippen MR) is 73.4 cm³/mol. The second kappa shape index (κ2) is 6.35. The number of amides is 1. The van der Waals surface area contributed by atoms with Crippen molar-refractivity contribution in [3.05, 3.63) is 35.4 Å². The average Bonchev–Trinajstić information content (AvgIpc) is 2.44. The second-order valence-corrected chi connectivity index (χ2v) is 5.32. The molecule has 102 valence electrons. The number of hydrogen-bond donors (Lipinski definition) is 2. The normalized spacial score (nSPS) is 12.6. The third kappa shape index (κ3) is 3.80. The smallest absolute Gasteiger partial charge is 0.230 e. The Bertz CT molecular complexity index is 489. The van der Waals surface area contributed by atoms with Crippen LogP contribution < -0.4 is 5.32 Å². The van der Waals surface area contributed by atoms with Gasteiger partial charge in [0.25, 0.3) is 0 Å². The van der Waals surface area contributed by atoms with E-state index in [-0.39, 0.29) is 18.4 Å². The van der Waals surface area contributed by atoms with Gasteiger partial charge >= 0.3 is 0 Å². The minimum absolute atomic E-state index is 0.0326. The highest BCUT2D eigenvalue weighted by molar-refractivity contribution is 5.87. The molecule has 0 bridgehead atoms. The van der Waals surface area contributed by atoms with Crippen LogP contribution in [0.5, 0.6) is 0 Å². The summed E-state index contributed by atoms with van der Waals surface area (Å²) in [4.78, 5) is 12.2. The molecule has 1 atom stereocenters. The Morgan fingerprint density at radius 2 is 2.21 bits per heavy atom. The van der Waals surface area contributed by atoms with Crippen molar-refractivity contribution in [2.75, 3.05) is 13.2 Å². The number of carbonyl (C=O) groups is 1. The van der Waals surface area contributed by atoms with Crippen molar-refractivity contribution in [2.24, 2.45) is 5.92 Å². The van der Waals surface area contributed by atoms with Gasteiger partial charge in [-0.1, -0.05) is 19.1 Å². The predicted octanol–water partition coefficient (Wildman–Crippen LogP) is 1.58. The first-order valence-electron chi connectivity index (χ1n) is 6.31. The van der Waals surface area contributed by atoms with E-state index in [0.29, 0.717) is 12.1 Å². The number of carbonyl (C=O) groups excluding carboxylic acids is 1. The maximum absolute atomic E-state index is 12.2. The lowest BCUT2D eigenvalue weighted by molar-refractivity contribution is -0.125. The number of aliphatic hydroxyl groups is 1. The Morgan fingerprint density at radius 1 is 1.53 bits per heavy atom. The van der Waals surface area contributed by atoms with Gasteiger partial charge in [0.1, 0.15) is 0 Å². The van der Waals surface area contributed by atoms with E-state index in [0.717, 1.165) is 5.56 Å². The molecule has 0 radical (unpaired) electrons. The van der Waals surface area contributed by atoms with Crippen molar-refractivity contribution in [1.29, 1.82) is 5.26 Å². The summed E-state index contributed by atoms with van der Waals surface area (Å²) in [6.07, 6.45) is 0. The summed E-state index contributed by atoms with van der Waals surface area (Å²) < 4.78 is 0. The van der Waals surface area contributed by atoms with Crippen LogP contribution in [0.3, 0.4) is 0 Å². The SMILES string of the molecule is CC(CO)CNC(=O)C(C)(C)c1cccc(C#N)c1. The molecule has 1 rings (SSSR count). The molecule has 0 aliphatic carbocycles. The van der Waals surface area contributed by atoms with E-state index in [1.807, 2.05) is 26.8 Å². The van der Waals surface area contributed by atoms with E-state index in [9.17, 15) is 4.79 Å². The van der Waals surface area contributed by atoms with Crippen LogP contribution in [-0.4, -0.2) is 24.2 Å². The summed E-state index contributed by atoms with van der Waals surface area (Å²) in [7, 11) is 0. The molecule has 0 aliphatic heterocycles. The van der Waals surface area contributed by atoms with Gasteiger partial charge < -0.3 is 10.4 Å². The van der Waals surface area contributed by atoms with E-state index < -0.39 is 5.41 Å². The molecule has 4 heteroatoms. The van der Waals surface area contributed by atoms with Gasteiger partial charge in [-0.25, -0.2) is 0 Å². The van der Waals surface area contributed by atoms with E-state index in [4.69, 9.17) is 10.4 Å². The maximum atomic E-state index is 12.2. The number of hydrogen-bond acceptors (Lipinski definition) is 3. The summed E-state index contributed by atoms with van der Waals surface area (Å²) >= 11 is 0. The second-order valence-electron chi connectivity index (χ2n) is 5.32. The lowest BCUT2D eigenvalue weighted by atomic mass is 9.83. The van der Waals surface area contributed by atoms with Gasteiger partial charge in [0, 0.05) is 13.2 Å². The third-order valence-corrected chi connectivity index (χ3v) is 3.20. The molecule has 0 heterocycles. The first-order valence-corrected chi connectivity index (χ1v) is 6.31. The van der Waals surface area contributed by atoms with Crippen LogP contribution in [0.2, 0.25) is 0 Å². The zero-order chi connectivity index (χ0) is 14.5. The van der Waals surface area contributed by atoms with E-state index in [1.54, 1.807) is 18.2 Å². The van der Waals surface area contributed by atoms with Crippen molar-refractivity contribution in [3.63, 3.8) is 0 Å². The molecule has 0 aliphatic rings. The Hall–Kier alpha value is -1.86. The van der Waals surface area contributed by atoms with Gasteiger partial charge in [-0.2, -0.15) is 5.26 Å². The minimum atomic E-state index is -0.706. The van der Waals surface area contributed by atoms with Gasteiger partial charge in [-0.3, -0.25) is 4.79 Å². The van der Waals surface area contributed by atoms with Crippen molar-refractivity contribution in [2.45, 2.75) is 26.2 Å². The highest BCUT2D eigenvalue weighted by Crippen LogP contribution is 2.24. The Morgan fingerprint density at radius 3 is 2.79 bits per heavy atom. The van der Waals surface area contributed by atoms with E-state index in [1.165, 1.54) is 0 Å². The summed E-state index contributed by atoms with van der Waals surface area (Å²) in [5, 5.41) is 20.7. The van der Waals surface area contributed by atoms with Crippen LogP contribution in [0, 0.1) is 17.2 Å². The lowest BCUT2D eigenvalue weighted by Crippen LogP contribution is -2.42. The fourth-order valence-electron chi connectivity index (χ4n) is 1.66. The van der Waals surface area contributed by atoms with Crippen LogP contribution in [0.25, 0.3) is 0 Å². The fourth-order valence-corrected chi connectivity index (χ4v) is 1.66. The molecule has 1 aromatic carbocycles. The molecule has 19 heavy (non-hydrogen) atoms. The minimum Gasteiger partial charge on any atom is -0.396 e. The van der Waals surface area contributed by atoms with Crippen LogP contribution in [0.4, 0.5) is 0 Å². The van der Waals surface area contributed by atoms with Crippen LogP contribution in [0.1, 0.15) is 31.9 Å². The topological polar surface area (TPSA) is 73.1 Å². The van der Waals surface area contributed by atoms with Gasteiger partial charge in [-0.15, -0.1) is 0 Å². The monoisotopic (exact) mass is 260 g/mol. The van der Waals surface area contributed by atoms with Crippen molar-refractivity contribution in [3.8, 4) is 6.07 Å². The Labute approximate surface area is 114 Å². The summed E-state index contributed by atoms with van der Waals surface area (Å²) in [5.41, 5.74) is 0.644. The molecule has 0 aromatic heterocycles. The number of nitrogens with one attached hydrogen (secondary N) is 1. The summed E-state index contributed by atoms with van der Waals surface area (Å²) in [6, 6.07) is 9.14. The molecule has 4 nitrogen and oxygen atoms in total. The van der Waals surface area contributed by atoms with E-state index in [2.05, 4.69) is 11.4 Å². The Balaban J connectivity index is 2.84. The number of aliphatic hydroxyl groups excluding tert-OH is 1.